The molecule has 0 aliphatic heterocycles. The lowest BCUT2D eigenvalue weighted by atomic mass is 9.82. The van der Waals surface area contributed by atoms with Gasteiger partial charge in [-0.2, -0.15) is 0 Å². The normalized spacial score (nSPS) is 12.9. The number of benzene rings is 9. The first kappa shape index (κ1) is 33.6. The quantitative estimate of drug-likeness (QED) is 0.164. The smallest absolute Gasteiger partial charge is 0.0546 e. The molecule has 1 aromatic heterocycles. The molecule has 0 amide bonds. The van der Waals surface area contributed by atoms with Crippen LogP contribution in [0.2, 0.25) is 0 Å². The van der Waals surface area contributed by atoms with Crippen LogP contribution in [0.3, 0.4) is 0 Å². The molecule has 9 aromatic carbocycles. The second kappa shape index (κ2) is 13.2. The third-order valence-corrected chi connectivity index (χ3v) is 13.2. The van der Waals surface area contributed by atoms with Gasteiger partial charge < -0.3 is 4.90 Å². The minimum atomic E-state index is -0.0800. The van der Waals surface area contributed by atoms with E-state index < -0.39 is 0 Å². The summed E-state index contributed by atoms with van der Waals surface area (Å²) in [4.78, 5) is 2.50. The van der Waals surface area contributed by atoms with Crippen molar-refractivity contribution in [3.63, 3.8) is 0 Å². The fraction of sp³-hybridized carbons (Fsp3) is 0.0545. The third kappa shape index (κ3) is 5.51. The molecule has 0 bridgehead atoms. The average Bonchev–Trinajstić information content (AvgIpc) is 3.75. The highest BCUT2D eigenvalue weighted by Crippen LogP contribution is 2.52. The van der Waals surface area contributed by atoms with Gasteiger partial charge in [-0.1, -0.05) is 166 Å². The summed E-state index contributed by atoms with van der Waals surface area (Å²) in [6.45, 7) is 4.71. The molecule has 0 atom stereocenters. The zero-order chi connectivity index (χ0) is 38.1. The molecular weight excluding hydrogens is 707 g/mol. The van der Waals surface area contributed by atoms with Crippen LogP contribution in [0.1, 0.15) is 25.0 Å². The molecule has 0 radical (unpaired) electrons. The molecular formula is C55H39NS. The monoisotopic (exact) mass is 745 g/mol. The molecule has 0 spiro atoms. The van der Waals surface area contributed by atoms with Crippen molar-refractivity contribution in [2.24, 2.45) is 0 Å². The highest BCUT2D eigenvalue weighted by Gasteiger charge is 2.35. The van der Waals surface area contributed by atoms with Gasteiger partial charge >= 0.3 is 0 Å². The molecule has 2 heteroatoms. The molecule has 270 valence electrons. The van der Waals surface area contributed by atoms with Gasteiger partial charge in [0.15, 0.2) is 0 Å². The molecule has 1 nitrogen and oxygen atoms in total. The van der Waals surface area contributed by atoms with Gasteiger partial charge in [0.2, 0.25) is 0 Å². The van der Waals surface area contributed by atoms with E-state index in [1.807, 2.05) is 11.3 Å². The van der Waals surface area contributed by atoms with Gasteiger partial charge in [-0.25, -0.2) is 0 Å². The maximum absolute atomic E-state index is 2.50. The second-order valence-electron chi connectivity index (χ2n) is 15.7. The Kier molecular flexibility index (Phi) is 7.77. The van der Waals surface area contributed by atoms with Crippen molar-refractivity contribution >= 4 is 59.3 Å². The Labute approximate surface area is 337 Å². The zero-order valence-corrected chi connectivity index (χ0v) is 32.7. The van der Waals surface area contributed by atoms with Gasteiger partial charge in [-0.05, 0) is 109 Å². The van der Waals surface area contributed by atoms with E-state index in [0.29, 0.717) is 0 Å². The molecule has 0 saturated carbocycles. The van der Waals surface area contributed by atoms with Crippen molar-refractivity contribution in [1.29, 1.82) is 0 Å². The molecule has 0 saturated heterocycles. The molecule has 0 unspecified atom stereocenters. The lowest BCUT2D eigenvalue weighted by molar-refractivity contribution is 0.660. The molecule has 1 aliphatic carbocycles. The van der Waals surface area contributed by atoms with E-state index >= 15 is 0 Å². The fourth-order valence-corrected chi connectivity index (χ4v) is 10.4. The van der Waals surface area contributed by atoms with E-state index in [4.69, 9.17) is 0 Å². The summed E-state index contributed by atoms with van der Waals surface area (Å²) in [5.74, 6) is 0. The summed E-state index contributed by atoms with van der Waals surface area (Å²) in [6, 6.07) is 74.1. The Morgan fingerprint density at radius 3 is 1.98 bits per heavy atom. The van der Waals surface area contributed by atoms with Gasteiger partial charge in [0, 0.05) is 42.5 Å². The van der Waals surface area contributed by atoms with E-state index in [0.717, 1.165) is 17.1 Å². The molecule has 57 heavy (non-hydrogen) atoms. The number of fused-ring (bicyclic) bond motifs is 7. The highest BCUT2D eigenvalue weighted by atomic mass is 32.1. The van der Waals surface area contributed by atoms with Gasteiger partial charge in [0.1, 0.15) is 0 Å². The number of rotatable bonds is 6. The van der Waals surface area contributed by atoms with Crippen molar-refractivity contribution in [3.8, 4) is 44.5 Å². The van der Waals surface area contributed by atoms with Crippen molar-refractivity contribution < 1.29 is 0 Å². The average molecular weight is 746 g/mol. The summed E-state index contributed by atoms with van der Waals surface area (Å²) in [7, 11) is 0. The first-order valence-electron chi connectivity index (χ1n) is 19.8. The summed E-state index contributed by atoms with van der Waals surface area (Å²) >= 11 is 1.87. The van der Waals surface area contributed by atoms with Gasteiger partial charge in [0.05, 0.1) is 5.69 Å². The predicted molar refractivity (Wildman–Crippen MR) is 245 cm³/mol. The van der Waals surface area contributed by atoms with Gasteiger partial charge in [-0.15, -0.1) is 11.3 Å². The molecule has 0 N–H and O–H groups in total. The number of hydrogen-bond donors (Lipinski definition) is 0. The van der Waals surface area contributed by atoms with Crippen LogP contribution in [0.4, 0.5) is 17.1 Å². The van der Waals surface area contributed by atoms with Crippen LogP contribution in [-0.2, 0) is 5.41 Å². The maximum Gasteiger partial charge on any atom is 0.0546 e. The Hall–Kier alpha value is -6.74. The Morgan fingerprint density at radius 2 is 1.07 bits per heavy atom. The molecule has 10 aromatic rings. The lowest BCUT2D eigenvalue weighted by Gasteiger charge is -2.30. The van der Waals surface area contributed by atoms with E-state index in [1.165, 1.54) is 86.6 Å². The first-order chi connectivity index (χ1) is 28.0. The van der Waals surface area contributed by atoms with E-state index in [1.54, 1.807) is 0 Å². The minimum absolute atomic E-state index is 0.0800. The topological polar surface area (TPSA) is 3.24 Å². The highest BCUT2D eigenvalue weighted by molar-refractivity contribution is 7.25. The van der Waals surface area contributed by atoms with Crippen LogP contribution in [0.15, 0.2) is 200 Å². The van der Waals surface area contributed by atoms with E-state index in [2.05, 4.69) is 219 Å². The molecule has 1 heterocycles. The number of thiophene rings is 1. The van der Waals surface area contributed by atoms with Crippen LogP contribution >= 0.6 is 11.3 Å². The van der Waals surface area contributed by atoms with Crippen molar-refractivity contribution in [3.05, 3.63) is 211 Å². The maximum atomic E-state index is 2.50. The second-order valence-corrected chi connectivity index (χ2v) is 16.8. The zero-order valence-electron chi connectivity index (χ0n) is 31.9. The van der Waals surface area contributed by atoms with Crippen molar-refractivity contribution in [1.82, 2.24) is 0 Å². The van der Waals surface area contributed by atoms with Crippen LogP contribution in [0.25, 0.3) is 75.5 Å². The largest absolute Gasteiger partial charge is 0.310 e. The van der Waals surface area contributed by atoms with Crippen molar-refractivity contribution in [2.45, 2.75) is 19.3 Å². The number of nitrogens with zero attached hydrogens (tertiary/aromatic N) is 1. The van der Waals surface area contributed by atoms with E-state index in [-0.39, 0.29) is 5.41 Å². The lowest BCUT2D eigenvalue weighted by Crippen LogP contribution is -2.15. The molecule has 11 rings (SSSR count). The van der Waals surface area contributed by atoms with Crippen molar-refractivity contribution in [2.75, 3.05) is 4.90 Å². The first-order valence-corrected chi connectivity index (χ1v) is 20.6. The predicted octanol–water partition coefficient (Wildman–Crippen LogP) is 16.0. The fourth-order valence-electron chi connectivity index (χ4n) is 9.24. The number of hydrogen-bond acceptors (Lipinski definition) is 2. The summed E-state index contributed by atoms with van der Waals surface area (Å²) < 4.78 is 2.61. The van der Waals surface area contributed by atoms with Gasteiger partial charge in [-0.3, -0.25) is 0 Å². The third-order valence-electron chi connectivity index (χ3n) is 12.0. The number of anilines is 3. The standard InChI is InChI=1S/C55H39NS/c1-55(2)49-23-10-8-20-45(49)48-35-43(29-31-50(48)55)56(42-19-12-18-39(33-42)36-14-4-3-5-15-36)51-24-13-22-44(40-27-26-37-16-6-7-17-38(37)32-40)54(51)41-28-30-47-46-21-9-11-25-52(46)57-53(47)34-41/h3-35H,1-2H3. The summed E-state index contributed by atoms with van der Waals surface area (Å²) in [6.07, 6.45) is 0. The van der Waals surface area contributed by atoms with Crippen LogP contribution in [0.5, 0.6) is 0 Å². The Morgan fingerprint density at radius 1 is 0.386 bits per heavy atom. The van der Waals surface area contributed by atoms with Crippen LogP contribution < -0.4 is 4.90 Å². The van der Waals surface area contributed by atoms with Crippen LogP contribution in [0, 0.1) is 0 Å². The molecule has 0 fully saturated rings. The Bertz CT molecular complexity index is 3170. The van der Waals surface area contributed by atoms with E-state index in [9.17, 15) is 0 Å². The summed E-state index contributed by atoms with van der Waals surface area (Å²) in [5.41, 5.74) is 15.9. The minimum Gasteiger partial charge on any atom is -0.310 e. The SMILES string of the molecule is CC1(C)c2ccccc2-c2cc(N(c3cccc(-c4ccccc4)c3)c3cccc(-c4ccc5ccccc5c4)c3-c3ccc4c(c3)sc3ccccc34)ccc21. The summed E-state index contributed by atoms with van der Waals surface area (Å²) in [5, 5.41) is 5.09. The van der Waals surface area contributed by atoms with Gasteiger partial charge in [0.25, 0.3) is 0 Å². The Balaban J connectivity index is 1.20. The molecule has 1 aliphatic rings. The van der Waals surface area contributed by atoms with Crippen LogP contribution in [-0.4, -0.2) is 0 Å².